The topological polar surface area (TPSA) is 20.2 Å². The molecule has 0 heterocycles. The lowest BCUT2D eigenvalue weighted by molar-refractivity contribution is 0.469. The molecule has 0 bridgehead atoms. The monoisotopic (exact) mass is 190 g/mol. The third-order valence-electron chi connectivity index (χ3n) is 2.65. The van der Waals surface area contributed by atoms with Gasteiger partial charge in [-0.25, -0.2) is 0 Å². The number of hydrogen-bond acceptors (Lipinski definition) is 1. The molecule has 0 aliphatic rings. The smallest absolute Gasteiger partial charge is 0.119 e. The predicted molar refractivity (Wildman–Crippen MR) is 60.7 cm³/mol. The van der Waals surface area contributed by atoms with Crippen LogP contribution in [0.1, 0.15) is 37.3 Å². The Balaban J connectivity index is 2.99. The van der Waals surface area contributed by atoms with Crippen LogP contribution in [0.2, 0.25) is 0 Å². The van der Waals surface area contributed by atoms with Gasteiger partial charge >= 0.3 is 0 Å². The lowest BCUT2D eigenvalue weighted by Gasteiger charge is -2.11. The molecule has 1 nitrogen and oxygen atoms in total. The van der Waals surface area contributed by atoms with Crippen LogP contribution in [0.25, 0.3) is 0 Å². The van der Waals surface area contributed by atoms with E-state index in [2.05, 4.69) is 26.5 Å². The minimum absolute atomic E-state index is 0.372. The van der Waals surface area contributed by atoms with E-state index in [1.54, 1.807) is 6.07 Å². The van der Waals surface area contributed by atoms with Crippen molar-refractivity contribution >= 4 is 0 Å². The van der Waals surface area contributed by atoms with Crippen LogP contribution in [0.4, 0.5) is 0 Å². The fraction of sp³-hybridized carbons (Fsp3) is 0.385. The van der Waals surface area contributed by atoms with E-state index in [4.69, 9.17) is 0 Å². The Morgan fingerprint density at radius 1 is 1.50 bits per heavy atom. The quantitative estimate of drug-likeness (QED) is 0.719. The second-order valence-electron chi connectivity index (χ2n) is 3.69. The van der Waals surface area contributed by atoms with Gasteiger partial charge in [-0.15, -0.1) is 6.58 Å². The molecular weight excluding hydrogens is 172 g/mol. The van der Waals surface area contributed by atoms with E-state index in [1.165, 1.54) is 5.56 Å². The van der Waals surface area contributed by atoms with E-state index in [-0.39, 0.29) is 0 Å². The van der Waals surface area contributed by atoms with Crippen LogP contribution in [-0.4, -0.2) is 5.11 Å². The summed E-state index contributed by atoms with van der Waals surface area (Å²) in [4.78, 5) is 0. The summed E-state index contributed by atoms with van der Waals surface area (Å²) in [6.45, 7) is 8.05. The molecule has 1 heteroatoms. The van der Waals surface area contributed by atoms with Crippen molar-refractivity contribution in [3.63, 3.8) is 0 Å². The van der Waals surface area contributed by atoms with Crippen LogP contribution >= 0.6 is 0 Å². The summed E-state index contributed by atoms with van der Waals surface area (Å²) in [6, 6.07) is 5.85. The van der Waals surface area contributed by atoms with E-state index in [1.807, 2.05) is 12.1 Å². The first-order chi connectivity index (χ1) is 6.69. The SMILES string of the molecule is C=CCc1cc(C(C)CC)ccc1O. The number of aromatic hydroxyl groups is 1. The van der Waals surface area contributed by atoms with Crippen molar-refractivity contribution in [2.75, 3.05) is 0 Å². The predicted octanol–water partition coefficient (Wildman–Crippen LogP) is 3.63. The van der Waals surface area contributed by atoms with Crippen molar-refractivity contribution in [1.82, 2.24) is 0 Å². The van der Waals surface area contributed by atoms with Crippen LogP contribution in [0.3, 0.4) is 0 Å². The summed E-state index contributed by atoms with van der Waals surface area (Å²) in [5.74, 6) is 0.927. The highest BCUT2D eigenvalue weighted by Crippen LogP contribution is 2.25. The molecule has 0 spiro atoms. The van der Waals surface area contributed by atoms with Crippen LogP contribution in [0.15, 0.2) is 30.9 Å². The van der Waals surface area contributed by atoms with Crippen molar-refractivity contribution in [1.29, 1.82) is 0 Å². The van der Waals surface area contributed by atoms with Gasteiger partial charge in [-0.05, 0) is 36.0 Å². The maximum Gasteiger partial charge on any atom is 0.119 e. The normalized spacial score (nSPS) is 12.4. The van der Waals surface area contributed by atoms with Gasteiger partial charge in [0, 0.05) is 0 Å². The zero-order chi connectivity index (χ0) is 10.6. The first-order valence-corrected chi connectivity index (χ1v) is 5.11. The minimum Gasteiger partial charge on any atom is -0.508 e. The van der Waals surface area contributed by atoms with Gasteiger partial charge in [-0.1, -0.05) is 32.1 Å². The lowest BCUT2D eigenvalue weighted by atomic mass is 9.95. The molecule has 1 atom stereocenters. The Morgan fingerprint density at radius 2 is 2.21 bits per heavy atom. The van der Waals surface area contributed by atoms with Crippen LogP contribution in [0, 0.1) is 0 Å². The molecule has 14 heavy (non-hydrogen) atoms. The van der Waals surface area contributed by atoms with Crippen LogP contribution < -0.4 is 0 Å². The maximum atomic E-state index is 9.57. The Bertz CT molecular complexity index is 315. The molecule has 0 fully saturated rings. The van der Waals surface area contributed by atoms with E-state index in [0.29, 0.717) is 11.7 Å². The van der Waals surface area contributed by atoms with Gasteiger partial charge in [0.05, 0.1) is 0 Å². The summed E-state index contributed by atoms with van der Waals surface area (Å²) in [5.41, 5.74) is 2.26. The summed E-state index contributed by atoms with van der Waals surface area (Å²) in [7, 11) is 0. The van der Waals surface area contributed by atoms with Crippen molar-refractivity contribution in [2.45, 2.75) is 32.6 Å². The standard InChI is InChI=1S/C13H18O/c1-4-6-12-9-11(10(3)5-2)7-8-13(12)14/h4,7-10,14H,1,5-6H2,2-3H3. The largest absolute Gasteiger partial charge is 0.508 e. The first-order valence-electron chi connectivity index (χ1n) is 5.11. The van der Waals surface area contributed by atoms with Gasteiger partial charge < -0.3 is 5.11 Å². The van der Waals surface area contributed by atoms with Gasteiger partial charge in [0.1, 0.15) is 5.75 Å². The molecule has 0 saturated heterocycles. The van der Waals surface area contributed by atoms with Gasteiger partial charge in [0.15, 0.2) is 0 Å². The summed E-state index contributed by atoms with van der Waals surface area (Å²) in [5, 5.41) is 9.57. The Morgan fingerprint density at radius 3 is 2.79 bits per heavy atom. The van der Waals surface area contributed by atoms with Crippen molar-refractivity contribution in [3.8, 4) is 5.75 Å². The molecule has 1 rings (SSSR count). The second-order valence-corrected chi connectivity index (χ2v) is 3.69. The van der Waals surface area contributed by atoms with Gasteiger partial charge in [0.25, 0.3) is 0 Å². The van der Waals surface area contributed by atoms with Crippen molar-refractivity contribution < 1.29 is 5.11 Å². The average molecular weight is 190 g/mol. The van der Waals surface area contributed by atoms with E-state index >= 15 is 0 Å². The maximum absolute atomic E-state index is 9.57. The van der Waals surface area contributed by atoms with Crippen molar-refractivity contribution in [2.24, 2.45) is 0 Å². The zero-order valence-corrected chi connectivity index (χ0v) is 8.96. The van der Waals surface area contributed by atoms with Gasteiger partial charge in [-0.2, -0.15) is 0 Å². The van der Waals surface area contributed by atoms with Crippen LogP contribution in [-0.2, 0) is 6.42 Å². The van der Waals surface area contributed by atoms with Gasteiger partial charge in [-0.3, -0.25) is 0 Å². The molecule has 0 radical (unpaired) electrons. The Hall–Kier alpha value is -1.24. The molecule has 1 unspecified atom stereocenters. The number of benzene rings is 1. The average Bonchev–Trinajstić information content (AvgIpc) is 2.20. The number of phenolic OH excluding ortho intramolecular Hbond substituents is 1. The minimum atomic E-state index is 0.372. The van der Waals surface area contributed by atoms with E-state index in [0.717, 1.165) is 18.4 Å². The molecule has 0 aromatic heterocycles. The molecule has 0 aliphatic carbocycles. The summed E-state index contributed by atoms with van der Waals surface area (Å²) >= 11 is 0. The molecule has 0 saturated carbocycles. The third kappa shape index (κ3) is 2.38. The van der Waals surface area contributed by atoms with Gasteiger partial charge in [0.2, 0.25) is 0 Å². The van der Waals surface area contributed by atoms with E-state index < -0.39 is 0 Å². The second kappa shape index (κ2) is 4.85. The Labute approximate surface area is 86.1 Å². The zero-order valence-electron chi connectivity index (χ0n) is 8.96. The van der Waals surface area contributed by atoms with Crippen LogP contribution in [0.5, 0.6) is 5.75 Å². The first kappa shape index (κ1) is 10.8. The van der Waals surface area contributed by atoms with E-state index in [9.17, 15) is 5.11 Å². The third-order valence-corrected chi connectivity index (χ3v) is 2.65. The molecule has 0 amide bonds. The summed E-state index contributed by atoms with van der Waals surface area (Å²) in [6.07, 6.45) is 3.67. The molecule has 0 aliphatic heterocycles. The lowest BCUT2D eigenvalue weighted by Crippen LogP contribution is -1.93. The highest BCUT2D eigenvalue weighted by Gasteiger charge is 2.06. The fourth-order valence-corrected chi connectivity index (χ4v) is 1.47. The number of hydrogen-bond donors (Lipinski definition) is 1. The molecule has 76 valence electrons. The molecule has 1 N–H and O–H groups in total. The number of phenols is 1. The van der Waals surface area contributed by atoms with Crippen molar-refractivity contribution in [3.05, 3.63) is 42.0 Å². The fourth-order valence-electron chi connectivity index (χ4n) is 1.47. The Kier molecular flexibility index (Phi) is 3.75. The molecule has 1 aromatic carbocycles. The molecule has 1 aromatic rings. The number of rotatable bonds is 4. The molecular formula is C13H18O. The number of allylic oxidation sites excluding steroid dienone is 1. The highest BCUT2D eigenvalue weighted by molar-refractivity contribution is 5.38. The summed E-state index contributed by atoms with van der Waals surface area (Å²) < 4.78 is 0. The highest BCUT2D eigenvalue weighted by atomic mass is 16.3.